The SMILES string of the molecule is C=CCN(CC=C)C(=O)c1ccc(NC(=O)OCC2c3ccccc3-c3ccccc32)cc1. The van der Waals surface area contributed by atoms with Crippen molar-refractivity contribution >= 4 is 17.7 Å². The van der Waals surface area contributed by atoms with Crippen LogP contribution in [0.1, 0.15) is 27.4 Å². The van der Waals surface area contributed by atoms with E-state index in [9.17, 15) is 9.59 Å². The zero-order chi connectivity index (χ0) is 23.2. The minimum absolute atomic E-state index is 0.00357. The Morgan fingerprint density at radius 3 is 1.94 bits per heavy atom. The summed E-state index contributed by atoms with van der Waals surface area (Å²) in [6, 6.07) is 23.2. The summed E-state index contributed by atoms with van der Waals surface area (Å²) in [6.45, 7) is 8.49. The third kappa shape index (κ3) is 4.72. The lowest BCUT2D eigenvalue weighted by Crippen LogP contribution is -2.31. The molecular formula is C28H26N2O3. The predicted molar refractivity (Wildman–Crippen MR) is 131 cm³/mol. The number of hydrogen-bond donors (Lipinski definition) is 1. The Bertz CT molecular complexity index is 1130. The lowest BCUT2D eigenvalue weighted by Gasteiger charge is -2.19. The number of carbonyl (C=O) groups excluding carboxylic acids is 2. The second-order valence-corrected chi connectivity index (χ2v) is 7.82. The molecule has 5 nitrogen and oxygen atoms in total. The molecule has 0 bridgehead atoms. The molecule has 0 saturated heterocycles. The van der Waals surface area contributed by atoms with Gasteiger partial charge in [-0.2, -0.15) is 0 Å². The van der Waals surface area contributed by atoms with Gasteiger partial charge in [0.1, 0.15) is 6.61 Å². The second-order valence-electron chi connectivity index (χ2n) is 7.82. The fourth-order valence-corrected chi connectivity index (χ4v) is 4.18. The molecule has 1 N–H and O–H groups in total. The Morgan fingerprint density at radius 1 is 0.848 bits per heavy atom. The number of amides is 2. The molecule has 3 aromatic rings. The smallest absolute Gasteiger partial charge is 0.411 e. The molecule has 4 rings (SSSR count). The highest BCUT2D eigenvalue weighted by atomic mass is 16.5. The normalized spacial score (nSPS) is 11.8. The summed E-state index contributed by atoms with van der Waals surface area (Å²) in [5.41, 5.74) is 5.78. The third-order valence-electron chi connectivity index (χ3n) is 5.71. The summed E-state index contributed by atoms with van der Waals surface area (Å²) in [7, 11) is 0. The highest BCUT2D eigenvalue weighted by molar-refractivity contribution is 5.95. The number of carbonyl (C=O) groups is 2. The number of ether oxygens (including phenoxy) is 1. The molecule has 0 atom stereocenters. The van der Waals surface area contributed by atoms with E-state index in [1.54, 1.807) is 41.3 Å². The molecule has 3 aromatic carbocycles. The van der Waals surface area contributed by atoms with E-state index in [1.807, 2.05) is 24.3 Å². The minimum atomic E-state index is -0.532. The van der Waals surface area contributed by atoms with E-state index >= 15 is 0 Å². The molecule has 0 fully saturated rings. The summed E-state index contributed by atoms with van der Waals surface area (Å²) < 4.78 is 5.58. The van der Waals surface area contributed by atoms with Crippen molar-refractivity contribution in [3.05, 3.63) is 115 Å². The highest BCUT2D eigenvalue weighted by Gasteiger charge is 2.29. The molecule has 0 saturated carbocycles. The molecule has 5 heteroatoms. The van der Waals surface area contributed by atoms with Gasteiger partial charge < -0.3 is 9.64 Å². The standard InChI is InChI=1S/C28H26N2O3/c1-3-17-30(18-4-2)27(31)20-13-15-21(16-14-20)29-28(32)33-19-26-24-11-7-5-9-22(24)23-10-6-8-12-25(23)26/h3-16,26H,1-2,17-19H2,(H,29,32). The summed E-state index contributed by atoms with van der Waals surface area (Å²) in [5, 5.41) is 2.74. The van der Waals surface area contributed by atoms with Crippen molar-refractivity contribution in [3.63, 3.8) is 0 Å². The van der Waals surface area contributed by atoms with Crippen LogP contribution in [0.3, 0.4) is 0 Å². The van der Waals surface area contributed by atoms with Gasteiger partial charge in [-0.1, -0.05) is 60.7 Å². The van der Waals surface area contributed by atoms with Crippen molar-refractivity contribution < 1.29 is 14.3 Å². The number of anilines is 1. The van der Waals surface area contributed by atoms with Crippen molar-refractivity contribution in [1.82, 2.24) is 4.90 Å². The fraction of sp³-hybridized carbons (Fsp3) is 0.143. The maximum atomic E-state index is 12.6. The van der Waals surface area contributed by atoms with Crippen molar-refractivity contribution in [2.24, 2.45) is 0 Å². The number of nitrogens with one attached hydrogen (secondary N) is 1. The van der Waals surface area contributed by atoms with Crippen LogP contribution in [0, 0.1) is 0 Å². The summed E-state index contributed by atoms with van der Waals surface area (Å²) in [5.74, 6) is -0.119. The minimum Gasteiger partial charge on any atom is -0.448 e. The number of hydrogen-bond acceptors (Lipinski definition) is 3. The highest BCUT2D eigenvalue weighted by Crippen LogP contribution is 2.44. The zero-order valence-electron chi connectivity index (χ0n) is 18.4. The Labute approximate surface area is 194 Å². The first kappa shape index (κ1) is 22.1. The van der Waals surface area contributed by atoms with Gasteiger partial charge in [-0.25, -0.2) is 4.79 Å². The first-order chi connectivity index (χ1) is 16.1. The molecule has 33 heavy (non-hydrogen) atoms. The van der Waals surface area contributed by atoms with E-state index in [1.165, 1.54) is 11.1 Å². The Kier molecular flexibility index (Phi) is 6.69. The van der Waals surface area contributed by atoms with Crippen LogP contribution < -0.4 is 5.32 Å². The Hall–Kier alpha value is -4.12. The van der Waals surface area contributed by atoms with E-state index in [-0.39, 0.29) is 18.4 Å². The van der Waals surface area contributed by atoms with Gasteiger partial charge in [-0.05, 0) is 46.5 Å². The van der Waals surface area contributed by atoms with Crippen molar-refractivity contribution in [1.29, 1.82) is 0 Å². The molecule has 0 radical (unpaired) electrons. The monoisotopic (exact) mass is 438 g/mol. The van der Waals surface area contributed by atoms with Crippen molar-refractivity contribution in [3.8, 4) is 11.1 Å². The second kappa shape index (κ2) is 10.0. The van der Waals surface area contributed by atoms with E-state index in [0.29, 0.717) is 24.3 Å². The third-order valence-corrected chi connectivity index (χ3v) is 5.71. The summed E-state index contributed by atoms with van der Waals surface area (Å²) >= 11 is 0. The average molecular weight is 439 g/mol. The summed E-state index contributed by atoms with van der Waals surface area (Å²) in [4.78, 5) is 26.7. The van der Waals surface area contributed by atoms with Gasteiger partial charge in [0.05, 0.1) is 0 Å². The number of rotatable bonds is 8. The molecule has 1 aliphatic rings. The molecule has 2 amide bonds. The van der Waals surface area contributed by atoms with Gasteiger partial charge in [0.2, 0.25) is 0 Å². The van der Waals surface area contributed by atoms with Crippen LogP contribution in [0.2, 0.25) is 0 Å². The van der Waals surface area contributed by atoms with Gasteiger partial charge in [-0.3, -0.25) is 10.1 Å². The van der Waals surface area contributed by atoms with Crippen molar-refractivity contribution in [2.45, 2.75) is 5.92 Å². The van der Waals surface area contributed by atoms with Gasteiger partial charge >= 0.3 is 6.09 Å². The lowest BCUT2D eigenvalue weighted by molar-refractivity contribution is 0.0791. The van der Waals surface area contributed by atoms with Crippen LogP contribution in [0.25, 0.3) is 11.1 Å². The van der Waals surface area contributed by atoms with Crippen molar-refractivity contribution in [2.75, 3.05) is 25.0 Å². The molecule has 0 aromatic heterocycles. The van der Waals surface area contributed by atoms with Crippen LogP contribution in [0.15, 0.2) is 98.1 Å². The van der Waals surface area contributed by atoms with Crippen LogP contribution in [-0.4, -0.2) is 36.6 Å². The number of nitrogens with zero attached hydrogens (tertiary/aromatic N) is 1. The van der Waals surface area contributed by atoms with Gasteiger partial charge in [-0.15, -0.1) is 13.2 Å². The Morgan fingerprint density at radius 2 is 1.39 bits per heavy atom. The first-order valence-corrected chi connectivity index (χ1v) is 10.9. The van der Waals surface area contributed by atoms with Gasteiger partial charge in [0.15, 0.2) is 0 Å². The quantitative estimate of drug-likeness (QED) is 0.448. The lowest BCUT2D eigenvalue weighted by atomic mass is 9.98. The van der Waals surface area contributed by atoms with Gasteiger partial charge in [0.25, 0.3) is 5.91 Å². The largest absolute Gasteiger partial charge is 0.448 e. The summed E-state index contributed by atoms with van der Waals surface area (Å²) in [6.07, 6.45) is 2.82. The molecule has 1 aliphatic carbocycles. The van der Waals surface area contributed by atoms with E-state index in [2.05, 4.69) is 42.7 Å². The first-order valence-electron chi connectivity index (χ1n) is 10.9. The van der Waals surface area contributed by atoms with Gasteiger partial charge in [0, 0.05) is 30.3 Å². The molecule has 0 aliphatic heterocycles. The Balaban J connectivity index is 1.38. The maximum absolute atomic E-state index is 12.6. The van der Waals surface area contributed by atoms with Crippen LogP contribution in [0.4, 0.5) is 10.5 Å². The molecular weight excluding hydrogens is 412 g/mol. The van der Waals surface area contributed by atoms with Crippen LogP contribution in [0.5, 0.6) is 0 Å². The molecule has 166 valence electrons. The number of benzene rings is 3. The predicted octanol–water partition coefficient (Wildman–Crippen LogP) is 5.86. The van der Waals surface area contributed by atoms with Crippen LogP contribution in [-0.2, 0) is 4.74 Å². The van der Waals surface area contributed by atoms with E-state index < -0.39 is 6.09 Å². The average Bonchev–Trinajstić information content (AvgIpc) is 3.16. The van der Waals surface area contributed by atoms with E-state index in [0.717, 1.165) is 11.1 Å². The maximum Gasteiger partial charge on any atom is 0.411 e. The van der Waals surface area contributed by atoms with E-state index in [4.69, 9.17) is 4.74 Å². The zero-order valence-corrected chi connectivity index (χ0v) is 18.4. The fourth-order valence-electron chi connectivity index (χ4n) is 4.18. The molecule has 0 unspecified atom stereocenters. The molecule has 0 heterocycles. The topological polar surface area (TPSA) is 58.6 Å². The molecule has 0 spiro atoms. The van der Waals surface area contributed by atoms with Crippen LogP contribution >= 0.6 is 0 Å². The number of fused-ring (bicyclic) bond motifs is 3.